The Kier molecular flexibility index (Phi) is 7.00. The van der Waals surface area contributed by atoms with Gasteiger partial charge < -0.3 is 4.90 Å². The number of fused-ring (bicyclic) bond motifs is 1. The van der Waals surface area contributed by atoms with Crippen LogP contribution in [0.4, 0.5) is 0 Å². The number of hydrogen-bond donors (Lipinski definition) is 0. The first-order valence-corrected chi connectivity index (χ1v) is 10.6. The third-order valence-electron chi connectivity index (χ3n) is 4.25. The van der Waals surface area contributed by atoms with E-state index in [0.717, 1.165) is 5.56 Å². The SMILES string of the molecule is C=CCn1c(SCC(=O)N(C)Cc2cccc(Cl)c2)nc2cc(Cl)ccc2c1=O. The van der Waals surface area contributed by atoms with E-state index in [0.29, 0.717) is 39.2 Å². The van der Waals surface area contributed by atoms with E-state index in [1.165, 1.54) is 16.3 Å². The monoisotopic (exact) mass is 447 g/mol. The van der Waals surface area contributed by atoms with E-state index in [-0.39, 0.29) is 17.2 Å². The van der Waals surface area contributed by atoms with E-state index < -0.39 is 0 Å². The number of hydrogen-bond acceptors (Lipinski definition) is 4. The Balaban J connectivity index is 1.79. The molecule has 0 spiro atoms. The summed E-state index contributed by atoms with van der Waals surface area (Å²) in [7, 11) is 1.73. The Morgan fingerprint density at radius 3 is 2.72 bits per heavy atom. The number of rotatable bonds is 7. The normalized spacial score (nSPS) is 10.9. The molecule has 0 saturated heterocycles. The van der Waals surface area contributed by atoms with Crippen molar-refractivity contribution in [2.45, 2.75) is 18.2 Å². The first-order chi connectivity index (χ1) is 13.9. The molecule has 1 heterocycles. The van der Waals surface area contributed by atoms with Crippen molar-refractivity contribution in [3.63, 3.8) is 0 Å². The topological polar surface area (TPSA) is 55.2 Å². The Hall–Kier alpha value is -2.28. The van der Waals surface area contributed by atoms with Crippen molar-refractivity contribution >= 4 is 51.8 Å². The predicted molar refractivity (Wildman–Crippen MR) is 120 cm³/mol. The molecule has 150 valence electrons. The smallest absolute Gasteiger partial charge is 0.262 e. The summed E-state index contributed by atoms with van der Waals surface area (Å²) in [5, 5.41) is 2.06. The van der Waals surface area contributed by atoms with Crippen LogP contribution in [0.2, 0.25) is 10.0 Å². The van der Waals surface area contributed by atoms with Crippen molar-refractivity contribution in [3.05, 3.63) is 81.1 Å². The molecule has 3 aromatic rings. The second-order valence-corrected chi connectivity index (χ2v) is 8.24. The Morgan fingerprint density at radius 2 is 2.00 bits per heavy atom. The molecule has 0 bridgehead atoms. The van der Waals surface area contributed by atoms with Gasteiger partial charge >= 0.3 is 0 Å². The maximum Gasteiger partial charge on any atom is 0.262 e. The zero-order valence-corrected chi connectivity index (χ0v) is 18.1. The van der Waals surface area contributed by atoms with Crippen LogP contribution in [0.5, 0.6) is 0 Å². The number of amides is 1. The molecule has 8 heteroatoms. The number of carbonyl (C=O) groups is 1. The van der Waals surface area contributed by atoms with E-state index in [1.807, 2.05) is 18.2 Å². The highest BCUT2D eigenvalue weighted by atomic mass is 35.5. The van der Waals surface area contributed by atoms with E-state index in [4.69, 9.17) is 23.2 Å². The molecule has 0 fully saturated rings. The van der Waals surface area contributed by atoms with Crippen LogP contribution in [-0.4, -0.2) is 33.2 Å². The van der Waals surface area contributed by atoms with Crippen molar-refractivity contribution in [1.82, 2.24) is 14.5 Å². The van der Waals surface area contributed by atoms with Crippen LogP contribution in [0.3, 0.4) is 0 Å². The molecule has 2 aromatic carbocycles. The summed E-state index contributed by atoms with van der Waals surface area (Å²) in [6.45, 7) is 4.46. The van der Waals surface area contributed by atoms with E-state index >= 15 is 0 Å². The van der Waals surface area contributed by atoms with Gasteiger partial charge in [0.15, 0.2) is 5.16 Å². The lowest BCUT2D eigenvalue weighted by molar-refractivity contribution is -0.127. The molecular formula is C21H19Cl2N3O2S. The number of halogens is 2. The lowest BCUT2D eigenvalue weighted by Gasteiger charge is -2.18. The third-order valence-corrected chi connectivity index (χ3v) is 5.68. The zero-order valence-electron chi connectivity index (χ0n) is 15.8. The predicted octanol–water partition coefficient (Wildman–Crippen LogP) is 4.64. The second-order valence-electron chi connectivity index (χ2n) is 6.43. The molecule has 3 rings (SSSR count). The molecule has 0 N–H and O–H groups in total. The van der Waals surface area contributed by atoms with E-state index in [1.54, 1.807) is 42.3 Å². The highest BCUT2D eigenvalue weighted by Gasteiger charge is 2.15. The minimum absolute atomic E-state index is 0.0828. The Bertz CT molecular complexity index is 1130. The lowest BCUT2D eigenvalue weighted by Crippen LogP contribution is -2.28. The standard InChI is InChI=1S/C21H19Cl2N3O2S/c1-3-9-26-20(28)17-8-7-16(23)11-18(17)24-21(26)29-13-19(27)25(2)12-14-5-4-6-15(22)10-14/h3-8,10-11H,1,9,12-13H2,2H3. The van der Waals surface area contributed by atoms with Crippen molar-refractivity contribution in [3.8, 4) is 0 Å². The molecule has 0 saturated carbocycles. The first-order valence-electron chi connectivity index (χ1n) is 8.81. The quantitative estimate of drug-likeness (QED) is 0.300. The third kappa shape index (κ3) is 5.21. The lowest BCUT2D eigenvalue weighted by atomic mass is 10.2. The molecule has 1 aromatic heterocycles. The van der Waals surface area contributed by atoms with E-state index in [2.05, 4.69) is 11.6 Å². The minimum Gasteiger partial charge on any atom is -0.341 e. The summed E-state index contributed by atoms with van der Waals surface area (Å²) in [5.74, 6) is 0.0627. The van der Waals surface area contributed by atoms with Crippen LogP contribution >= 0.6 is 35.0 Å². The van der Waals surface area contributed by atoms with Gasteiger partial charge in [-0.05, 0) is 35.9 Å². The van der Waals surface area contributed by atoms with Gasteiger partial charge in [-0.15, -0.1) is 6.58 Å². The number of allylic oxidation sites excluding steroid dienone is 1. The molecule has 5 nitrogen and oxygen atoms in total. The van der Waals surface area contributed by atoms with Gasteiger partial charge in [-0.1, -0.05) is 53.2 Å². The summed E-state index contributed by atoms with van der Waals surface area (Å²) >= 11 is 13.3. The molecule has 0 aliphatic carbocycles. The Labute approximate surface area is 182 Å². The molecule has 0 unspecified atom stereocenters. The zero-order chi connectivity index (χ0) is 21.0. The average Bonchev–Trinajstić information content (AvgIpc) is 2.68. The van der Waals surface area contributed by atoms with Gasteiger partial charge in [0, 0.05) is 30.2 Å². The summed E-state index contributed by atoms with van der Waals surface area (Å²) in [4.78, 5) is 31.6. The second kappa shape index (κ2) is 9.48. The minimum atomic E-state index is -0.186. The number of carbonyl (C=O) groups excluding carboxylic acids is 1. The van der Waals surface area contributed by atoms with Gasteiger partial charge in [0.05, 0.1) is 16.7 Å². The van der Waals surface area contributed by atoms with Crippen LogP contribution in [-0.2, 0) is 17.9 Å². The molecular weight excluding hydrogens is 429 g/mol. The fourth-order valence-electron chi connectivity index (χ4n) is 2.81. The van der Waals surface area contributed by atoms with Gasteiger partial charge in [0.25, 0.3) is 5.56 Å². The van der Waals surface area contributed by atoms with Gasteiger partial charge in [-0.25, -0.2) is 4.98 Å². The Morgan fingerprint density at radius 1 is 1.24 bits per heavy atom. The highest BCUT2D eigenvalue weighted by molar-refractivity contribution is 7.99. The highest BCUT2D eigenvalue weighted by Crippen LogP contribution is 2.21. The maximum atomic E-state index is 12.8. The van der Waals surface area contributed by atoms with Crippen molar-refractivity contribution in [1.29, 1.82) is 0 Å². The van der Waals surface area contributed by atoms with Gasteiger partial charge in [0.2, 0.25) is 5.91 Å². The largest absolute Gasteiger partial charge is 0.341 e. The molecule has 0 aliphatic rings. The van der Waals surface area contributed by atoms with E-state index in [9.17, 15) is 9.59 Å². The number of aromatic nitrogens is 2. The number of nitrogens with zero attached hydrogens (tertiary/aromatic N) is 3. The van der Waals surface area contributed by atoms with Crippen LogP contribution in [0.1, 0.15) is 5.56 Å². The fraction of sp³-hybridized carbons (Fsp3) is 0.190. The summed E-state index contributed by atoms with van der Waals surface area (Å²) in [6, 6.07) is 12.3. The van der Waals surface area contributed by atoms with Crippen LogP contribution < -0.4 is 5.56 Å². The van der Waals surface area contributed by atoms with Crippen molar-refractivity contribution < 1.29 is 4.79 Å². The summed E-state index contributed by atoms with van der Waals surface area (Å²) in [6.07, 6.45) is 1.63. The fourth-order valence-corrected chi connectivity index (χ4v) is 4.14. The molecule has 0 radical (unpaired) electrons. The summed E-state index contributed by atoms with van der Waals surface area (Å²) < 4.78 is 1.51. The van der Waals surface area contributed by atoms with Gasteiger partial charge in [-0.3, -0.25) is 14.2 Å². The first kappa shape index (κ1) is 21.4. The molecule has 29 heavy (non-hydrogen) atoms. The molecule has 0 aliphatic heterocycles. The molecule has 0 atom stereocenters. The van der Waals surface area contributed by atoms with Crippen molar-refractivity contribution in [2.24, 2.45) is 0 Å². The number of benzene rings is 2. The average molecular weight is 448 g/mol. The maximum absolute atomic E-state index is 12.8. The van der Waals surface area contributed by atoms with Crippen molar-refractivity contribution in [2.75, 3.05) is 12.8 Å². The number of thioether (sulfide) groups is 1. The summed E-state index contributed by atoms with van der Waals surface area (Å²) in [5.41, 5.74) is 1.26. The van der Waals surface area contributed by atoms with Crippen LogP contribution in [0.15, 0.2) is 65.1 Å². The van der Waals surface area contributed by atoms with Crippen LogP contribution in [0, 0.1) is 0 Å². The molecule has 1 amide bonds. The van der Waals surface area contributed by atoms with Gasteiger partial charge in [-0.2, -0.15) is 0 Å². The van der Waals surface area contributed by atoms with Crippen LogP contribution in [0.25, 0.3) is 10.9 Å². The van der Waals surface area contributed by atoms with Gasteiger partial charge in [0.1, 0.15) is 0 Å².